The van der Waals surface area contributed by atoms with E-state index in [0.29, 0.717) is 21.2 Å². The second-order valence-electron chi connectivity index (χ2n) is 9.18. The van der Waals surface area contributed by atoms with E-state index in [1.807, 2.05) is 47.9 Å². The number of amides is 1. The van der Waals surface area contributed by atoms with Gasteiger partial charge in [-0.25, -0.2) is 4.98 Å². The van der Waals surface area contributed by atoms with E-state index in [9.17, 15) is 9.59 Å². The minimum Gasteiger partial charge on any atom is -0.484 e. The number of aromatic nitrogens is 2. The van der Waals surface area contributed by atoms with Crippen molar-refractivity contribution in [1.82, 2.24) is 14.5 Å². The molecule has 2 aromatic heterocycles. The summed E-state index contributed by atoms with van der Waals surface area (Å²) >= 11 is 7.56. The number of halogens is 1. The standard InChI is InChI=1S/C27H27ClN4O3S/c1-16(19-5-3-4-6-20(19)28)35-23-14-24(36-26(23)27(29)34)32-15-30-21-8-7-18(13-22(21)32)25(33)17-9-11-31(2)12-10-17/h3-8,13-17H,9-12H2,1-2H3,(H2,29,34)/t16-/m1/s1. The van der Waals surface area contributed by atoms with E-state index in [1.165, 1.54) is 11.3 Å². The summed E-state index contributed by atoms with van der Waals surface area (Å²) in [5.74, 6) is 0.00866. The summed E-state index contributed by atoms with van der Waals surface area (Å²) in [5.41, 5.74) is 8.72. The fourth-order valence-electron chi connectivity index (χ4n) is 4.64. The van der Waals surface area contributed by atoms with E-state index in [4.69, 9.17) is 22.1 Å². The number of ketones is 1. The minimum absolute atomic E-state index is 0.0320. The molecule has 186 valence electrons. The van der Waals surface area contributed by atoms with Gasteiger partial charge in [0.25, 0.3) is 5.91 Å². The van der Waals surface area contributed by atoms with E-state index < -0.39 is 12.0 Å². The van der Waals surface area contributed by atoms with Crippen LogP contribution in [0.1, 0.15) is 51.5 Å². The molecule has 1 amide bonds. The Kier molecular flexibility index (Phi) is 6.83. The molecule has 0 aliphatic carbocycles. The van der Waals surface area contributed by atoms with Gasteiger partial charge in [0.05, 0.1) is 11.0 Å². The normalized spacial score (nSPS) is 15.8. The van der Waals surface area contributed by atoms with Gasteiger partial charge in [0.1, 0.15) is 28.1 Å². The third kappa shape index (κ3) is 4.76. The van der Waals surface area contributed by atoms with E-state index in [0.717, 1.165) is 47.5 Å². The first-order valence-electron chi connectivity index (χ1n) is 11.9. The highest BCUT2D eigenvalue weighted by Crippen LogP contribution is 2.37. The Morgan fingerprint density at radius 1 is 1.17 bits per heavy atom. The molecule has 1 saturated heterocycles. The molecule has 2 N–H and O–H groups in total. The second kappa shape index (κ2) is 10.0. The molecule has 4 aromatic rings. The zero-order valence-corrected chi connectivity index (χ0v) is 21.7. The largest absolute Gasteiger partial charge is 0.484 e. The molecule has 1 atom stereocenters. The molecular formula is C27H27ClN4O3S. The second-order valence-corrected chi connectivity index (χ2v) is 10.6. The Morgan fingerprint density at radius 2 is 1.92 bits per heavy atom. The van der Waals surface area contributed by atoms with Crippen LogP contribution in [0.5, 0.6) is 5.75 Å². The van der Waals surface area contributed by atoms with Crippen LogP contribution in [0.2, 0.25) is 5.02 Å². The number of hydrogen-bond donors (Lipinski definition) is 1. The van der Waals surface area contributed by atoms with Crippen molar-refractivity contribution in [3.8, 4) is 10.8 Å². The van der Waals surface area contributed by atoms with Crippen LogP contribution in [0.3, 0.4) is 0 Å². The fourth-order valence-corrected chi connectivity index (χ4v) is 5.86. The van der Waals surface area contributed by atoms with Crippen LogP contribution in [0, 0.1) is 5.92 Å². The highest BCUT2D eigenvalue weighted by Gasteiger charge is 2.25. The first kappa shape index (κ1) is 24.5. The summed E-state index contributed by atoms with van der Waals surface area (Å²) in [5, 5.41) is 1.31. The Bertz CT molecular complexity index is 1440. The van der Waals surface area contributed by atoms with Crippen LogP contribution in [0.25, 0.3) is 16.0 Å². The molecule has 0 unspecified atom stereocenters. The number of carbonyl (C=O) groups excluding carboxylic acids is 2. The number of hydrogen-bond acceptors (Lipinski definition) is 6. The number of primary amides is 1. The lowest BCUT2D eigenvalue weighted by atomic mass is 9.89. The molecule has 3 heterocycles. The Hall–Kier alpha value is -3.20. The highest BCUT2D eigenvalue weighted by atomic mass is 35.5. The number of nitrogens with zero attached hydrogens (tertiary/aromatic N) is 3. The van der Waals surface area contributed by atoms with Crippen molar-refractivity contribution in [3.63, 3.8) is 0 Å². The highest BCUT2D eigenvalue weighted by molar-refractivity contribution is 7.16. The molecular weight excluding hydrogens is 496 g/mol. The molecule has 1 aliphatic heterocycles. The van der Waals surface area contributed by atoms with Crippen LogP contribution >= 0.6 is 22.9 Å². The molecule has 1 aliphatic rings. The van der Waals surface area contributed by atoms with Gasteiger partial charge >= 0.3 is 0 Å². The van der Waals surface area contributed by atoms with Gasteiger partial charge in [-0.05, 0) is 64.2 Å². The minimum atomic E-state index is -0.574. The first-order chi connectivity index (χ1) is 17.3. The molecule has 0 saturated carbocycles. The number of carbonyl (C=O) groups is 2. The van der Waals surface area contributed by atoms with E-state index in [2.05, 4.69) is 16.9 Å². The maximum Gasteiger partial charge on any atom is 0.262 e. The Labute approximate surface area is 218 Å². The predicted molar refractivity (Wildman–Crippen MR) is 143 cm³/mol. The van der Waals surface area contributed by atoms with Crippen molar-refractivity contribution in [2.24, 2.45) is 11.7 Å². The van der Waals surface area contributed by atoms with Gasteiger partial charge in [-0.15, -0.1) is 11.3 Å². The van der Waals surface area contributed by atoms with Crippen molar-refractivity contribution < 1.29 is 14.3 Å². The maximum atomic E-state index is 13.2. The van der Waals surface area contributed by atoms with Crippen molar-refractivity contribution in [3.05, 3.63) is 75.9 Å². The van der Waals surface area contributed by atoms with Crippen molar-refractivity contribution >= 4 is 45.7 Å². The van der Waals surface area contributed by atoms with Gasteiger partial charge in [0.15, 0.2) is 5.78 Å². The lowest BCUT2D eigenvalue weighted by Gasteiger charge is -2.28. The molecule has 7 nitrogen and oxygen atoms in total. The summed E-state index contributed by atoms with van der Waals surface area (Å²) in [6.45, 7) is 3.73. The molecule has 36 heavy (non-hydrogen) atoms. The number of imidazole rings is 1. The lowest BCUT2D eigenvalue weighted by molar-refractivity contribution is 0.0856. The van der Waals surface area contributed by atoms with Gasteiger partial charge in [-0.1, -0.05) is 29.8 Å². The maximum absolute atomic E-state index is 13.2. The van der Waals surface area contributed by atoms with Gasteiger partial charge in [-0.2, -0.15) is 0 Å². The third-order valence-corrected chi connectivity index (χ3v) is 8.19. The van der Waals surface area contributed by atoms with Gasteiger partial charge in [-0.3, -0.25) is 14.2 Å². The number of nitrogens with two attached hydrogens (primary N) is 1. The number of rotatable bonds is 7. The summed E-state index contributed by atoms with van der Waals surface area (Å²) in [6.07, 6.45) is 3.03. The van der Waals surface area contributed by atoms with E-state index >= 15 is 0 Å². The third-order valence-electron chi connectivity index (χ3n) is 6.71. The quantitative estimate of drug-likeness (QED) is 0.323. The monoisotopic (exact) mass is 522 g/mol. The van der Waals surface area contributed by atoms with Crippen LogP contribution in [-0.4, -0.2) is 46.3 Å². The molecule has 9 heteroatoms. The average molecular weight is 523 g/mol. The fraction of sp³-hybridized carbons (Fsp3) is 0.296. The van der Waals surface area contributed by atoms with Crippen LogP contribution in [-0.2, 0) is 0 Å². The van der Waals surface area contributed by atoms with Gasteiger partial charge in [0.2, 0.25) is 0 Å². The number of Topliss-reactive ketones (excluding diaryl/α,β-unsaturated/α-hetero) is 1. The summed E-state index contributed by atoms with van der Waals surface area (Å²) in [7, 11) is 2.08. The first-order valence-corrected chi connectivity index (χ1v) is 13.1. The number of fused-ring (bicyclic) bond motifs is 1. The molecule has 2 aromatic carbocycles. The average Bonchev–Trinajstić information content (AvgIpc) is 3.48. The molecule has 0 spiro atoms. The van der Waals surface area contributed by atoms with Gasteiger partial charge < -0.3 is 15.4 Å². The van der Waals surface area contributed by atoms with Crippen LogP contribution in [0.15, 0.2) is 54.9 Å². The topological polar surface area (TPSA) is 90.5 Å². The van der Waals surface area contributed by atoms with Crippen molar-refractivity contribution in [2.45, 2.75) is 25.9 Å². The molecule has 5 rings (SSSR count). The molecule has 0 bridgehead atoms. The zero-order chi connectivity index (χ0) is 25.4. The molecule has 1 fully saturated rings. The van der Waals surface area contributed by atoms with Crippen LogP contribution in [0.4, 0.5) is 0 Å². The van der Waals surface area contributed by atoms with Crippen molar-refractivity contribution in [1.29, 1.82) is 0 Å². The number of thiophene rings is 1. The number of benzene rings is 2. The summed E-state index contributed by atoms with van der Waals surface area (Å²) in [4.78, 5) is 32.5. The van der Waals surface area contributed by atoms with E-state index in [-0.39, 0.29) is 11.7 Å². The Balaban J connectivity index is 1.47. The number of ether oxygens (including phenoxy) is 1. The summed E-state index contributed by atoms with van der Waals surface area (Å²) < 4.78 is 8.01. The predicted octanol–water partition coefficient (Wildman–Crippen LogP) is 5.50. The molecule has 0 radical (unpaired) electrons. The van der Waals surface area contributed by atoms with Crippen molar-refractivity contribution in [2.75, 3.05) is 20.1 Å². The zero-order valence-electron chi connectivity index (χ0n) is 20.1. The van der Waals surface area contributed by atoms with E-state index in [1.54, 1.807) is 18.5 Å². The number of piperidine rings is 1. The smallest absolute Gasteiger partial charge is 0.262 e. The SMILES string of the molecule is C[C@@H](Oc1cc(-n2cnc3ccc(C(=O)C4CCN(C)CC4)cc32)sc1C(N)=O)c1ccccc1Cl. The van der Waals surface area contributed by atoms with Crippen LogP contribution < -0.4 is 10.5 Å². The lowest BCUT2D eigenvalue weighted by Crippen LogP contribution is -2.33. The number of likely N-dealkylation sites (tertiary alicyclic amines) is 1. The summed E-state index contributed by atoms with van der Waals surface area (Å²) in [6, 6.07) is 14.8. The Morgan fingerprint density at radius 3 is 2.64 bits per heavy atom. The van der Waals surface area contributed by atoms with Gasteiger partial charge in [0, 0.05) is 28.1 Å².